The fourth-order valence-corrected chi connectivity index (χ4v) is 2.24. The second-order valence-corrected chi connectivity index (χ2v) is 5.07. The Morgan fingerprint density at radius 1 is 1.20 bits per heavy atom. The maximum atomic E-state index is 11.8. The molecule has 0 unspecified atom stereocenters. The van der Waals surface area contributed by atoms with Crippen molar-refractivity contribution in [3.8, 4) is 0 Å². The van der Waals surface area contributed by atoms with Crippen molar-refractivity contribution in [2.24, 2.45) is 0 Å². The van der Waals surface area contributed by atoms with Crippen LogP contribution in [0.3, 0.4) is 0 Å². The van der Waals surface area contributed by atoms with E-state index in [-0.39, 0.29) is 5.78 Å². The summed E-state index contributed by atoms with van der Waals surface area (Å²) in [7, 11) is 0. The lowest BCUT2D eigenvalue weighted by molar-refractivity contribution is 0.0997. The number of thiophene rings is 1. The molecule has 0 saturated heterocycles. The van der Waals surface area contributed by atoms with Crippen LogP contribution in [0.15, 0.2) is 46.3 Å². The predicted octanol–water partition coefficient (Wildman–Crippen LogP) is 3.94. The van der Waals surface area contributed by atoms with E-state index in [1.54, 1.807) is 0 Å². The first-order valence-corrected chi connectivity index (χ1v) is 6.24. The second-order valence-electron chi connectivity index (χ2n) is 3.20. The molecular formula is C12H9BrOS. The summed E-state index contributed by atoms with van der Waals surface area (Å²) in [5, 5.41) is 1.93. The van der Waals surface area contributed by atoms with Gasteiger partial charge in [0.15, 0.2) is 5.78 Å². The zero-order chi connectivity index (χ0) is 10.7. The molecule has 0 aliphatic carbocycles. The van der Waals surface area contributed by atoms with Crippen LogP contribution in [0.4, 0.5) is 0 Å². The molecule has 1 nitrogen and oxygen atoms in total. The van der Waals surface area contributed by atoms with Crippen molar-refractivity contribution in [2.75, 3.05) is 0 Å². The molecule has 0 fully saturated rings. The summed E-state index contributed by atoms with van der Waals surface area (Å²) in [6.07, 6.45) is 0.480. The normalized spacial score (nSPS) is 10.2. The van der Waals surface area contributed by atoms with E-state index in [1.165, 1.54) is 11.3 Å². The summed E-state index contributed by atoms with van der Waals surface area (Å²) in [5.74, 6) is 0.187. The van der Waals surface area contributed by atoms with Gasteiger partial charge in [0.1, 0.15) is 0 Å². The standard InChI is InChI=1S/C12H9BrOS/c13-10-5-3-9(4-6-10)8-11(14)12-2-1-7-15-12/h1-7H,8H2. The molecule has 3 heteroatoms. The lowest BCUT2D eigenvalue weighted by Crippen LogP contribution is -2.00. The molecule has 0 spiro atoms. The van der Waals surface area contributed by atoms with E-state index in [1.807, 2.05) is 41.8 Å². The van der Waals surface area contributed by atoms with Crippen LogP contribution in [-0.4, -0.2) is 5.78 Å². The van der Waals surface area contributed by atoms with Gasteiger partial charge in [0.25, 0.3) is 0 Å². The highest BCUT2D eigenvalue weighted by molar-refractivity contribution is 9.10. The molecule has 0 bridgehead atoms. The van der Waals surface area contributed by atoms with Crippen LogP contribution in [0, 0.1) is 0 Å². The Morgan fingerprint density at radius 3 is 2.53 bits per heavy atom. The molecule has 0 saturated carbocycles. The fourth-order valence-electron chi connectivity index (χ4n) is 1.31. The van der Waals surface area contributed by atoms with Crippen molar-refractivity contribution in [2.45, 2.75) is 6.42 Å². The average molecular weight is 281 g/mol. The number of carbonyl (C=O) groups is 1. The molecule has 0 N–H and O–H groups in total. The van der Waals surface area contributed by atoms with Crippen molar-refractivity contribution < 1.29 is 4.79 Å². The topological polar surface area (TPSA) is 17.1 Å². The lowest BCUT2D eigenvalue weighted by Gasteiger charge is -1.99. The molecule has 1 aromatic carbocycles. The van der Waals surface area contributed by atoms with Crippen molar-refractivity contribution in [1.29, 1.82) is 0 Å². The Labute approximate surface area is 101 Å². The van der Waals surface area contributed by atoms with E-state index in [2.05, 4.69) is 15.9 Å². The third-order valence-electron chi connectivity index (χ3n) is 2.07. The van der Waals surface area contributed by atoms with E-state index in [4.69, 9.17) is 0 Å². The first kappa shape index (κ1) is 10.6. The van der Waals surface area contributed by atoms with Crippen molar-refractivity contribution in [3.63, 3.8) is 0 Å². The predicted molar refractivity (Wildman–Crippen MR) is 66.5 cm³/mol. The number of rotatable bonds is 3. The van der Waals surface area contributed by atoms with E-state index < -0.39 is 0 Å². The Bertz CT molecular complexity index is 445. The molecule has 1 aromatic heterocycles. The van der Waals surface area contributed by atoms with Crippen molar-refractivity contribution >= 4 is 33.0 Å². The highest BCUT2D eigenvalue weighted by Gasteiger charge is 2.07. The molecule has 0 atom stereocenters. The summed E-state index contributed by atoms with van der Waals surface area (Å²) in [5.41, 5.74) is 1.05. The first-order valence-electron chi connectivity index (χ1n) is 4.57. The molecule has 1 heterocycles. The number of benzene rings is 1. The van der Waals surface area contributed by atoms with Crippen molar-refractivity contribution in [1.82, 2.24) is 0 Å². The van der Waals surface area contributed by atoms with Gasteiger partial charge in [0, 0.05) is 10.9 Å². The van der Waals surface area contributed by atoms with Gasteiger partial charge < -0.3 is 0 Å². The maximum absolute atomic E-state index is 11.8. The van der Waals surface area contributed by atoms with Crippen LogP contribution in [-0.2, 0) is 6.42 Å². The molecule has 0 radical (unpaired) electrons. The smallest absolute Gasteiger partial charge is 0.177 e. The minimum absolute atomic E-state index is 0.187. The zero-order valence-corrected chi connectivity index (χ0v) is 10.3. The van der Waals surface area contributed by atoms with E-state index in [0.29, 0.717) is 6.42 Å². The number of hydrogen-bond donors (Lipinski definition) is 0. The summed E-state index contributed by atoms with van der Waals surface area (Å²) in [6.45, 7) is 0. The van der Waals surface area contributed by atoms with Crippen LogP contribution >= 0.6 is 27.3 Å². The first-order chi connectivity index (χ1) is 7.25. The van der Waals surface area contributed by atoms with Gasteiger partial charge >= 0.3 is 0 Å². The molecule has 76 valence electrons. The van der Waals surface area contributed by atoms with Crippen molar-refractivity contribution in [3.05, 3.63) is 56.7 Å². The van der Waals surface area contributed by atoms with Crippen LogP contribution in [0.2, 0.25) is 0 Å². The zero-order valence-electron chi connectivity index (χ0n) is 7.94. The third-order valence-corrected chi connectivity index (χ3v) is 3.51. The average Bonchev–Trinajstić information content (AvgIpc) is 2.74. The molecule has 0 aliphatic rings. The van der Waals surface area contributed by atoms with E-state index >= 15 is 0 Å². The molecule has 0 aliphatic heterocycles. The van der Waals surface area contributed by atoms with Gasteiger partial charge in [-0.3, -0.25) is 4.79 Å². The minimum Gasteiger partial charge on any atom is -0.293 e. The maximum Gasteiger partial charge on any atom is 0.177 e. The van der Waals surface area contributed by atoms with Gasteiger partial charge in [0.2, 0.25) is 0 Å². The molecular weight excluding hydrogens is 272 g/mol. The fraction of sp³-hybridized carbons (Fsp3) is 0.0833. The minimum atomic E-state index is 0.187. The summed E-state index contributed by atoms with van der Waals surface area (Å²) in [4.78, 5) is 12.6. The third kappa shape index (κ3) is 2.76. The second kappa shape index (κ2) is 4.73. The van der Waals surface area contributed by atoms with Gasteiger partial charge in [-0.15, -0.1) is 11.3 Å². The Balaban J connectivity index is 2.09. The van der Waals surface area contributed by atoms with Gasteiger partial charge in [-0.05, 0) is 29.1 Å². The summed E-state index contributed by atoms with van der Waals surface area (Å²) < 4.78 is 1.04. The number of hydrogen-bond acceptors (Lipinski definition) is 2. The van der Waals surface area contributed by atoms with E-state index in [0.717, 1.165) is 14.9 Å². The monoisotopic (exact) mass is 280 g/mol. The number of Topliss-reactive ketones (excluding diaryl/α,β-unsaturated/α-hetero) is 1. The van der Waals surface area contributed by atoms with E-state index in [9.17, 15) is 4.79 Å². The van der Waals surface area contributed by atoms with Gasteiger partial charge in [-0.25, -0.2) is 0 Å². The lowest BCUT2D eigenvalue weighted by atomic mass is 10.1. The summed E-state index contributed by atoms with van der Waals surface area (Å²) in [6, 6.07) is 11.6. The highest BCUT2D eigenvalue weighted by atomic mass is 79.9. The van der Waals surface area contributed by atoms with Crippen LogP contribution in [0.25, 0.3) is 0 Å². The number of ketones is 1. The van der Waals surface area contributed by atoms with Gasteiger partial charge in [-0.1, -0.05) is 34.1 Å². The molecule has 2 rings (SSSR count). The van der Waals surface area contributed by atoms with Gasteiger partial charge in [0.05, 0.1) is 4.88 Å². The van der Waals surface area contributed by atoms with Crippen LogP contribution < -0.4 is 0 Å². The SMILES string of the molecule is O=C(Cc1ccc(Br)cc1)c1cccs1. The molecule has 0 amide bonds. The Hall–Kier alpha value is -0.930. The Morgan fingerprint density at radius 2 is 1.93 bits per heavy atom. The van der Waals surface area contributed by atoms with Gasteiger partial charge in [-0.2, -0.15) is 0 Å². The van der Waals surface area contributed by atoms with Crippen LogP contribution in [0.5, 0.6) is 0 Å². The quantitative estimate of drug-likeness (QED) is 0.779. The highest BCUT2D eigenvalue weighted by Crippen LogP contribution is 2.15. The summed E-state index contributed by atoms with van der Waals surface area (Å²) >= 11 is 4.86. The molecule has 15 heavy (non-hydrogen) atoms. The Kier molecular flexibility index (Phi) is 3.34. The number of halogens is 1. The number of carbonyl (C=O) groups excluding carboxylic acids is 1. The largest absolute Gasteiger partial charge is 0.293 e. The van der Waals surface area contributed by atoms with Crippen LogP contribution in [0.1, 0.15) is 15.2 Å². The molecule has 2 aromatic rings.